The normalized spacial score (nSPS) is 12.5. The first-order valence-electron chi connectivity index (χ1n) is 3.75. The van der Waals surface area contributed by atoms with Crippen LogP contribution in [0.2, 0.25) is 19.3 Å². The molecule has 0 aliphatic heterocycles. The van der Waals surface area contributed by atoms with Gasteiger partial charge in [-0.05, 0) is 0 Å². The fraction of sp³-hybridized carbons (Fsp3) is 0.750. The molecule has 0 aliphatic rings. The van der Waals surface area contributed by atoms with Crippen LogP contribution < -0.4 is 0 Å². The van der Waals surface area contributed by atoms with Crippen molar-refractivity contribution in [1.82, 2.24) is 4.90 Å². The molecule has 0 atom stereocenters. The van der Waals surface area contributed by atoms with Crippen molar-refractivity contribution in [3.05, 3.63) is 12.3 Å². The van der Waals surface area contributed by atoms with Crippen LogP contribution >= 0.6 is 0 Å². The van der Waals surface area contributed by atoms with Gasteiger partial charge in [0.25, 0.3) is 0 Å². The molecule has 10 heavy (non-hydrogen) atoms. The molecule has 0 saturated carbocycles. The Bertz CT molecular complexity index is 111. The van der Waals surface area contributed by atoms with Crippen LogP contribution in [0.15, 0.2) is 12.3 Å². The molecule has 0 fully saturated rings. The second-order valence-electron chi connectivity index (χ2n) is 4.11. The SMILES string of the molecule is CN(C)/C=C/[CH2][Sn]([CH3])([CH3])[CH3]. The number of allylic oxidation sites excluding steroid dienone is 1. The van der Waals surface area contributed by atoms with Crippen molar-refractivity contribution in [3.63, 3.8) is 0 Å². The average molecular weight is 248 g/mol. The Labute approximate surface area is 69.0 Å². The minimum atomic E-state index is -1.48. The summed E-state index contributed by atoms with van der Waals surface area (Å²) in [6, 6.07) is 0. The van der Waals surface area contributed by atoms with Crippen molar-refractivity contribution in [1.29, 1.82) is 0 Å². The monoisotopic (exact) mass is 249 g/mol. The summed E-state index contributed by atoms with van der Waals surface area (Å²) in [5.74, 6) is 0. The van der Waals surface area contributed by atoms with Gasteiger partial charge in [-0.25, -0.2) is 0 Å². The van der Waals surface area contributed by atoms with Gasteiger partial charge in [0.1, 0.15) is 0 Å². The predicted octanol–water partition coefficient (Wildman–Crippen LogP) is 2.40. The fourth-order valence-electron chi connectivity index (χ4n) is 0.617. The average Bonchev–Trinajstić information content (AvgIpc) is 1.59. The van der Waals surface area contributed by atoms with Crippen molar-refractivity contribution in [2.75, 3.05) is 14.1 Å². The minimum absolute atomic E-state index is 1.35. The number of hydrogen-bond acceptors (Lipinski definition) is 1. The van der Waals surface area contributed by atoms with Crippen molar-refractivity contribution in [2.45, 2.75) is 19.3 Å². The Balaban J connectivity index is 3.54. The molecule has 0 aromatic carbocycles. The molecule has 2 heteroatoms. The Hall–Kier alpha value is 0.339. The summed E-state index contributed by atoms with van der Waals surface area (Å²) in [4.78, 5) is 9.45. The molecule has 0 N–H and O–H groups in total. The maximum atomic E-state index is 2.45. The van der Waals surface area contributed by atoms with Crippen LogP contribution in [0, 0.1) is 0 Å². The maximum absolute atomic E-state index is 2.45. The molecule has 0 amide bonds. The molecule has 0 unspecified atom stereocenters. The fourth-order valence-corrected chi connectivity index (χ4v) is 2.94. The first kappa shape index (κ1) is 10.3. The van der Waals surface area contributed by atoms with Crippen LogP contribution in [-0.2, 0) is 0 Å². The van der Waals surface area contributed by atoms with E-state index in [0.717, 1.165) is 0 Å². The summed E-state index contributed by atoms with van der Waals surface area (Å²) in [5, 5.41) is 0. The summed E-state index contributed by atoms with van der Waals surface area (Å²) in [5.41, 5.74) is 0. The van der Waals surface area contributed by atoms with Gasteiger partial charge in [-0.3, -0.25) is 0 Å². The van der Waals surface area contributed by atoms with E-state index >= 15 is 0 Å². The molecule has 0 aromatic rings. The van der Waals surface area contributed by atoms with E-state index < -0.39 is 18.4 Å². The van der Waals surface area contributed by atoms with E-state index in [4.69, 9.17) is 0 Å². The number of rotatable bonds is 3. The zero-order chi connectivity index (χ0) is 8.20. The van der Waals surface area contributed by atoms with E-state index in [1.807, 2.05) is 0 Å². The molecule has 0 aliphatic carbocycles. The molecular formula is C8H19NSn. The Morgan fingerprint density at radius 3 is 2.00 bits per heavy atom. The van der Waals surface area contributed by atoms with Gasteiger partial charge in [-0.15, -0.1) is 0 Å². The van der Waals surface area contributed by atoms with Crippen molar-refractivity contribution in [2.24, 2.45) is 0 Å². The third kappa shape index (κ3) is 8.34. The Morgan fingerprint density at radius 2 is 1.70 bits per heavy atom. The summed E-state index contributed by atoms with van der Waals surface area (Å²) < 4.78 is 1.35. The zero-order valence-electron chi connectivity index (χ0n) is 7.81. The van der Waals surface area contributed by atoms with E-state index in [-0.39, 0.29) is 0 Å². The Kier molecular flexibility index (Phi) is 4.41. The molecule has 60 valence electrons. The van der Waals surface area contributed by atoms with Crippen molar-refractivity contribution < 1.29 is 0 Å². The summed E-state index contributed by atoms with van der Waals surface area (Å²) in [6.45, 7) is 0. The molecule has 0 saturated heterocycles. The van der Waals surface area contributed by atoms with Crippen LogP contribution in [0.1, 0.15) is 0 Å². The van der Waals surface area contributed by atoms with Crippen LogP contribution in [0.25, 0.3) is 0 Å². The first-order valence-corrected chi connectivity index (χ1v) is 14.3. The van der Waals surface area contributed by atoms with Crippen molar-refractivity contribution in [3.8, 4) is 0 Å². The van der Waals surface area contributed by atoms with E-state index in [0.29, 0.717) is 0 Å². The van der Waals surface area contributed by atoms with Gasteiger partial charge in [-0.2, -0.15) is 0 Å². The second-order valence-corrected chi connectivity index (χ2v) is 19.9. The molecular weight excluding hydrogens is 229 g/mol. The molecule has 0 bridgehead atoms. The topological polar surface area (TPSA) is 3.24 Å². The standard InChI is InChI=1S/C5H10N.3CH3.Sn/c1-4-5-6(2)3;;;;/h4-5H,1H2,2-3H3;3*1H3;/b5-4+;;;;. The quantitative estimate of drug-likeness (QED) is 0.693. The molecule has 0 heterocycles. The van der Waals surface area contributed by atoms with Gasteiger partial charge in [0.15, 0.2) is 0 Å². The van der Waals surface area contributed by atoms with Gasteiger partial charge in [-0.1, -0.05) is 0 Å². The predicted molar refractivity (Wildman–Crippen MR) is 51.0 cm³/mol. The van der Waals surface area contributed by atoms with Gasteiger partial charge in [0.2, 0.25) is 0 Å². The summed E-state index contributed by atoms with van der Waals surface area (Å²) in [7, 11) is 4.13. The third-order valence-electron chi connectivity index (χ3n) is 1.13. The van der Waals surface area contributed by atoms with E-state index in [1.54, 1.807) is 0 Å². The molecule has 1 nitrogen and oxygen atoms in total. The molecule has 0 rings (SSSR count). The van der Waals surface area contributed by atoms with Crippen LogP contribution in [-0.4, -0.2) is 37.4 Å². The van der Waals surface area contributed by atoms with E-state index in [1.165, 1.54) is 4.44 Å². The molecule has 0 spiro atoms. The molecule has 0 aromatic heterocycles. The third-order valence-corrected chi connectivity index (χ3v) is 5.30. The first-order chi connectivity index (χ1) is 4.42. The van der Waals surface area contributed by atoms with Crippen molar-refractivity contribution >= 4 is 18.4 Å². The van der Waals surface area contributed by atoms with Crippen LogP contribution in [0.3, 0.4) is 0 Å². The number of nitrogens with zero attached hydrogens (tertiary/aromatic N) is 1. The Morgan fingerprint density at radius 1 is 1.20 bits per heavy atom. The van der Waals surface area contributed by atoms with Gasteiger partial charge < -0.3 is 0 Å². The number of hydrogen-bond donors (Lipinski definition) is 0. The zero-order valence-corrected chi connectivity index (χ0v) is 10.7. The molecule has 0 radical (unpaired) electrons. The second kappa shape index (κ2) is 4.27. The van der Waals surface area contributed by atoms with Gasteiger partial charge >= 0.3 is 68.9 Å². The van der Waals surface area contributed by atoms with Crippen LogP contribution in [0.4, 0.5) is 0 Å². The summed E-state index contributed by atoms with van der Waals surface area (Å²) >= 11 is -1.48. The van der Waals surface area contributed by atoms with Gasteiger partial charge in [0.05, 0.1) is 0 Å². The van der Waals surface area contributed by atoms with E-state index in [9.17, 15) is 0 Å². The van der Waals surface area contributed by atoms with Crippen LogP contribution in [0.5, 0.6) is 0 Å². The van der Waals surface area contributed by atoms with Gasteiger partial charge in [0, 0.05) is 0 Å². The van der Waals surface area contributed by atoms with E-state index in [2.05, 4.69) is 46.1 Å². The summed E-state index contributed by atoms with van der Waals surface area (Å²) in [6.07, 6.45) is 4.46.